The molecule has 1 aliphatic heterocycles. The van der Waals surface area contributed by atoms with Gasteiger partial charge in [-0.3, -0.25) is 10.2 Å². The third kappa shape index (κ3) is 2.38. The van der Waals surface area contributed by atoms with Gasteiger partial charge in [-0.15, -0.1) is 9.24 Å². The molecule has 1 fully saturated rings. The Morgan fingerprint density at radius 3 is 2.70 bits per heavy atom. The Morgan fingerprint density at radius 2 is 2.09 bits per heavy atom. The number of nitrogens with zero attached hydrogens (tertiary/aromatic N) is 2. The molecule has 1 aromatic carbocycles. The molecule has 23 heavy (non-hydrogen) atoms. The minimum absolute atomic E-state index is 0.0266. The van der Waals surface area contributed by atoms with E-state index in [4.69, 9.17) is 5.41 Å². The number of hydrogen-bond donors (Lipinski definition) is 1. The molecule has 0 amide bonds. The fourth-order valence-corrected chi connectivity index (χ4v) is 4.35. The van der Waals surface area contributed by atoms with Gasteiger partial charge in [0.05, 0.1) is 10.7 Å². The Hall–Kier alpha value is -2.05. The molecule has 3 rings (SSSR count). The summed E-state index contributed by atoms with van der Waals surface area (Å²) in [6.07, 6.45) is 2.34. The van der Waals surface area contributed by atoms with Gasteiger partial charge in [-0.05, 0) is 42.7 Å². The lowest BCUT2D eigenvalue weighted by atomic mass is 9.68. The highest BCUT2D eigenvalue weighted by molar-refractivity contribution is 7.21. The average molecular weight is 329 g/mol. The SMILES string of the molecule is C[C@H]1C(=O)C(C#N)=C[C@@]2(P)C(=N)N(c3ccc(F)cc3)CC[C@H]12. The Bertz CT molecular complexity index is 752. The zero-order valence-electron chi connectivity index (χ0n) is 12.7. The molecule has 1 aliphatic carbocycles. The van der Waals surface area contributed by atoms with Gasteiger partial charge in [0.25, 0.3) is 0 Å². The summed E-state index contributed by atoms with van der Waals surface area (Å²) < 4.78 is 13.1. The first-order valence-electron chi connectivity index (χ1n) is 7.46. The molecule has 1 N–H and O–H groups in total. The van der Waals surface area contributed by atoms with Crippen molar-refractivity contribution in [3.8, 4) is 6.07 Å². The second-order valence-electron chi connectivity index (χ2n) is 6.13. The van der Waals surface area contributed by atoms with Crippen molar-refractivity contribution in [3.05, 3.63) is 41.7 Å². The second kappa shape index (κ2) is 5.54. The van der Waals surface area contributed by atoms with Crippen molar-refractivity contribution in [2.75, 3.05) is 11.4 Å². The number of carbonyl (C=O) groups excluding carboxylic acids is 1. The predicted octanol–water partition coefficient (Wildman–Crippen LogP) is 2.91. The Balaban J connectivity index is 2.03. The number of piperidine rings is 1. The number of rotatable bonds is 1. The lowest BCUT2D eigenvalue weighted by Crippen LogP contribution is -2.58. The molecule has 6 heteroatoms. The van der Waals surface area contributed by atoms with Gasteiger partial charge in [0.15, 0.2) is 5.78 Å². The zero-order chi connectivity index (χ0) is 16.8. The minimum Gasteiger partial charge on any atom is -0.329 e. The fraction of sp³-hybridized carbons (Fsp3) is 0.353. The van der Waals surface area contributed by atoms with Crippen LogP contribution in [0.2, 0.25) is 0 Å². The number of benzene rings is 1. The van der Waals surface area contributed by atoms with Gasteiger partial charge in [0.2, 0.25) is 0 Å². The number of nitriles is 1. The number of carbonyl (C=O) groups is 1. The van der Waals surface area contributed by atoms with Crippen molar-refractivity contribution in [1.29, 1.82) is 10.7 Å². The summed E-state index contributed by atoms with van der Waals surface area (Å²) in [6.45, 7) is 2.43. The number of amidine groups is 1. The fourth-order valence-electron chi connectivity index (χ4n) is 3.57. The van der Waals surface area contributed by atoms with Crippen LogP contribution in [0.5, 0.6) is 0 Å². The van der Waals surface area contributed by atoms with E-state index in [9.17, 15) is 14.4 Å². The van der Waals surface area contributed by atoms with E-state index in [1.165, 1.54) is 12.1 Å². The summed E-state index contributed by atoms with van der Waals surface area (Å²) in [7, 11) is 2.67. The van der Waals surface area contributed by atoms with Gasteiger partial charge in [0.1, 0.15) is 17.7 Å². The normalized spacial score (nSPS) is 30.5. The largest absolute Gasteiger partial charge is 0.329 e. The maximum atomic E-state index is 13.1. The lowest BCUT2D eigenvalue weighted by molar-refractivity contribution is -0.120. The standard InChI is InChI=1S/C17H17FN3OP/c1-10-14-6-7-21(13-4-2-12(18)3-5-13)16(20)17(14,23)8-11(9-19)15(10)22/h2-5,8,10,14,20H,6-7,23H2,1H3/t10-,14-,17+/m1/s1. The number of ketones is 1. The number of nitrogens with one attached hydrogen (secondary N) is 1. The quantitative estimate of drug-likeness (QED) is 0.806. The van der Waals surface area contributed by atoms with E-state index in [2.05, 4.69) is 9.24 Å². The van der Waals surface area contributed by atoms with Crippen molar-refractivity contribution in [1.82, 2.24) is 0 Å². The first-order valence-corrected chi connectivity index (χ1v) is 8.04. The number of fused-ring (bicyclic) bond motifs is 1. The number of allylic oxidation sites excluding steroid dienone is 1. The van der Waals surface area contributed by atoms with Crippen LogP contribution in [0.4, 0.5) is 10.1 Å². The summed E-state index contributed by atoms with van der Waals surface area (Å²) >= 11 is 0. The highest BCUT2D eigenvalue weighted by Gasteiger charge is 2.51. The molecule has 4 atom stereocenters. The maximum absolute atomic E-state index is 13.1. The molecular weight excluding hydrogens is 312 g/mol. The van der Waals surface area contributed by atoms with Crippen LogP contribution < -0.4 is 4.90 Å². The number of hydrogen-bond acceptors (Lipinski definition) is 3. The molecule has 0 bridgehead atoms. The summed E-state index contributed by atoms with van der Waals surface area (Å²) in [5, 5.41) is 17.1. The van der Waals surface area contributed by atoms with Crippen molar-refractivity contribution in [2.45, 2.75) is 18.5 Å². The van der Waals surface area contributed by atoms with Gasteiger partial charge >= 0.3 is 0 Å². The molecule has 0 aromatic heterocycles. The molecule has 0 saturated carbocycles. The molecular formula is C17H17FN3OP. The van der Waals surface area contributed by atoms with E-state index >= 15 is 0 Å². The maximum Gasteiger partial charge on any atom is 0.176 e. The van der Waals surface area contributed by atoms with Crippen LogP contribution in [0.15, 0.2) is 35.9 Å². The minimum atomic E-state index is -0.745. The van der Waals surface area contributed by atoms with Crippen molar-refractivity contribution in [2.24, 2.45) is 11.8 Å². The van der Waals surface area contributed by atoms with Gasteiger partial charge in [-0.25, -0.2) is 4.39 Å². The summed E-state index contributed by atoms with van der Waals surface area (Å²) in [5.74, 6) is -0.459. The van der Waals surface area contributed by atoms with Crippen LogP contribution in [-0.4, -0.2) is 23.3 Å². The van der Waals surface area contributed by atoms with E-state index < -0.39 is 5.16 Å². The number of anilines is 1. The van der Waals surface area contributed by atoms with Crippen molar-refractivity contribution < 1.29 is 9.18 Å². The van der Waals surface area contributed by atoms with Crippen LogP contribution in [0.25, 0.3) is 0 Å². The average Bonchev–Trinajstić information content (AvgIpc) is 2.54. The van der Waals surface area contributed by atoms with Crippen molar-refractivity contribution in [3.63, 3.8) is 0 Å². The lowest BCUT2D eigenvalue weighted by Gasteiger charge is -2.49. The summed E-state index contributed by atoms with van der Waals surface area (Å²) in [5.41, 5.74) is 0.864. The molecule has 0 radical (unpaired) electrons. The van der Waals surface area contributed by atoms with Gasteiger partial charge < -0.3 is 4.90 Å². The second-order valence-corrected chi connectivity index (χ2v) is 7.08. The van der Waals surface area contributed by atoms with E-state index in [0.29, 0.717) is 12.4 Å². The molecule has 2 aliphatic rings. The third-order valence-electron chi connectivity index (χ3n) is 4.88. The van der Waals surface area contributed by atoms with Crippen LogP contribution in [0.3, 0.4) is 0 Å². The topological polar surface area (TPSA) is 68.0 Å². The van der Waals surface area contributed by atoms with Crippen LogP contribution in [0, 0.1) is 34.4 Å². The first-order chi connectivity index (χ1) is 10.9. The van der Waals surface area contributed by atoms with Gasteiger partial charge in [-0.1, -0.05) is 6.92 Å². The first kappa shape index (κ1) is 15.8. The van der Waals surface area contributed by atoms with Gasteiger partial charge in [-0.2, -0.15) is 5.26 Å². The highest BCUT2D eigenvalue weighted by atomic mass is 31.0. The monoisotopic (exact) mass is 329 g/mol. The van der Waals surface area contributed by atoms with E-state index in [-0.39, 0.29) is 29.0 Å². The third-order valence-corrected chi connectivity index (χ3v) is 5.75. The zero-order valence-corrected chi connectivity index (χ0v) is 13.9. The highest BCUT2D eigenvalue weighted by Crippen LogP contribution is 2.47. The van der Waals surface area contributed by atoms with Crippen LogP contribution in [0.1, 0.15) is 13.3 Å². The van der Waals surface area contributed by atoms with E-state index in [1.54, 1.807) is 18.2 Å². The Morgan fingerprint density at radius 1 is 1.43 bits per heavy atom. The molecule has 1 aromatic rings. The molecule has 4 nitrogen and oxygen atoms in total. The van der Waals surface area contributed by atoms with Crippen LogP contribution in [-0.2, 0) is 4.79 Å². The molecule has 1 unspecified atom stereocenters. The molecule has 118 valence electrons. The van der Waals surface area contributed by atoms with Gasteiger partial charge in [0, 0.05) is 18.2 Å². The number of halogens is 1. The molecule has 1 heterocycles. The van der Waals surface area contributed by atoms with E-state index in [0.717, 1.165) is 12.1 Å². The Labute approximate surface area is 136 Å². The van der Waals surface area contributed by atoms with Crippen LogP contribution >= 0.6 is 9.24 Å². The predicted molar refractivity (Wildman–Crippen MR) is 89.9 cm³/mol. The Kier molecular flexibility index (Phi) is 3.82. The number of Topliss-reactive ketones (excluding diaryl/α,β-unsaturated/α-hetero) is 1. The molecule has 1 saturated heterocycles. The van der Waals surface area contributed by atoms with Crippen molar-refractivity contribution >= 4 is 26.5 Å². The summed E-state index contributed by atoms with van der Waals surface area (Å²) in [6, 6.07) is 7.98. The molecule has 0 spiro atoms. The summed E-state index contributed by atoms with van der Waals surface area (Å²) in [4.78, 5) is 14.0. The smallest absolute Gasteiger partial charge is 0.176 e. The van der Waals surface area contributed by atoms with E-state index in [1.807, 2.05) is 17.9 Å².